The Morgan fingerprint density at radius 2 is 2.10 bits per heavy atom. The molecule has 0 spiro atoms. The molecule has 1 saturated heterocycles. The zero-order chi connectivity index (χ0) is 20.5. The van der Waals surface area contributed by atoms with Gasteiger partial charge in [0.1, 0.15) is 11.6 Å². The number of ether oxygens (including phenoxy) is 1. The number of carbonyl (C=O) groups excluding carboxylic acids is 1. The fourth-order valence-corrected chi connectivity index (χ4v) is 4.26. The average molecular weight is 394 g/mol. The smallest absolute Gasteiger partial charge is 0.246 e. The van der Waals surface area contributed by atoms with Crippen LogP contribution in [0.2, 0.25) is 0 Å². The van der Waals surface area contributed by atoms with E-state index in [0.29, 0.717) is 11.8 Å². The van der Waals surface area contributed by atoms with Crippen molar-refractivity contribution >= 4 is 11.4 Å². The number of amides is 1. The van der Waals surface area contributed by atoms with E-state index in [0.717, 1.165) is 36.2 Å². The maximum absolute atomic E-state index is 11.9. The molecule has 1 saturated carbocycles. The van der Waals surface area contributed by atoms with Gasteiger partial charge < -0.3 is 9.64 Å². The number of hydrogen-bond acceptors (Lipinski definition) is 5. The monoisotopic (exact) mass is 394 g/mol. The minimum Gasteiger partial charge on any atom is -0.472 e. The molecule has 3 aromatic heterocycles. The van der Waals surface area contributed by atoms with Crippen molar-refractivity contribution in [2.75, 3.05) is 6.54 Å². The highest BCUT2D eigenvalue weighted by molar-refractivity contribution is 5.87. The van der Waals surface area contributed by atoms with Gasteiger partial charge in [0, 0.05) is 43.7 Å². The maximum atomic E-state index is 11.9. The summed E-state index contributed by atoms with van der Waals surface area (Å²) < 4.78 is 9.87. The molecule has 8 nitrogen and oxygen atoms in total. The van der Waals surface area contributed by atoms with Crippen molar-refractivity contribution in [3.63, 3.8) is 0 Å². The Morgan fingerprint density at radius 3 is 2.76 bits per heavy atom. The van der Waals surface area contributed by atoms with Gasteiger partial charge in [-0.1, -0.05) is 20.4 Å². The van der Waals surface area contributed by atoms with Gasteiger partial charge in [0.25, 0.3) is 0 Å². The summed E-state index contributed by atoms with van der Waals surface area (Å²) in [4.78, 5) is 18.6. The second-order valence-corrected chi connectivity index (χ2v) is 7.23. The Kier molecular flexibility index (Phi) is 5.08. The first-order valence-electron chi connectivity index (χ1n) is 10.1. The second kappa shape index (κ2) is 7.69. The predicted molar refractivity (Wildman–Crippen MR) is 109 cm³/mol. The van der Waals surface area contributed by atoms with Crippen molar-refractivity contribution in [2.45, 2.75) is 38.8 Å². The van der Waals surface area contributed by atoms with Crippen molar-refractivity contribution in [3.05, 3.63) is 43.5 Å². The Morgan fingerprint density at radius 1 is 1.28 bits per heavy atom. The van der Waals surface area contributed by atoms with E-state index in [1.807, 2.05) is 44.3 Å². The van der Waals surface area contributed by atoms with E-state index in [9.17, 15) is 4.79 Å². The quantitative estimate of drug-likeness (QED) is 0.636. The molecule has 4 heterocycles. The van der Waals surface area contributed by atoms with Crippen molar-refractivity contribution in [1.82, 2.24) is 29.3 Å². The van der Waals surface area contributed by atoms with Crippen molar-refractivity contribution in [3.8, 4) is 17.1 Å². The highest BCUT2D eigenvalue weighted by atomic mass is 16.5. The largest absolute Gasteiger partial charge is 0.472 e. The van der Waals surface area contributed by atoms with E-state index in [1.165, 1.54) is 6.08 Å². The molecule has 3 aromatic rings. The molecule has 0 N–H and O–H groups in total. The Hall–Kier alpha value is -3.16. The number of likely N-dealkylation sites (tertiary alicyclic amines) is 1. The highest BCUT2D eigenvalue weighted by Gasteiger charge is 2.47. The van der Waals surface area contributed by atoms with Crippen molar-refractivity contribution in [1.29, 1.82) is 0 Å². The van der Waals surface area contributed by atoms with Crippen LogP contribution in [0.15, 0.2) is 43.5 Å². The third kappa shape index (κ3) is 3.39. The van der Waals surface area contributed by atoms with Crippen LogP contribution in [0.25, 0.3) is 16.8 Å². The molecule has 3 atom stereocenters. The fraction of sp³-hybridized carbons (Fsp3) is 0.429. The number of aromatic nitrogens is 5. The van der Waals surface area contributed by atoms with Gasteiger partial charge in [-0.2, -0.15) is 10.2 Å². The molecule has 2 bridgehead atoms. The van der Waals surface area contributed by atoms with Crippen LogP contribution < -0.4 is 4.74 Å². The number of aryl methyl sites for hydroxylation is 1. The molecule has 1 aliphatic carbocycles. The summed E-state index contributed by atoms with van der Waals surface area (Å²) in [5.41, 5.74) is 2.51. The lowest BCUT2D eigenvalue weighted by atomic mass is 10.1. The highest BCUT2D eigenvalue weighted by Crippen LogP contribution is 2.40. The summed E-state index contributed by atoms with van der Waals surface area (Å²) in [5, 5.41) is 8.57. The van der Waals surface area contributed by atoms with E-state index in [-0.39, 0.29) is 18.1 Å². The van der Waals surface area contributed by atoms with E-state index < -0.39 is 0 Å². The van der Waals surface area contributed by atoms with Crippen LogP contribution >= 0.6 is 0 Å². The van der Waals surface area contributed by atoms with Crippen LogP contribution in [0.1, 0.15) is 26.7 Å². The molecule has 1 amide bonds. The molecular formula is C21H26N6O2. The lowest BCUT2D eigenvalue weighted by Gasteiger charge is -2.31. The number of fused-ring (bicyclic) bond motifs is 3. The van der Waals surface area contributed by atoms with Crippen LogP contribution in [0.3, 0.4) is 0 Å². The summed E-state index contributed by atoms with van der Waals surface area (Å²) in [7, 11) is 1.87. The summed E-state index contributed by atoms with van der Waals surface area (Å²) >= 11 is 0. The summed E-state index contributed by atoms with van der Waals surface area (Å²) in [5.74, 6) is 0.912. The molecular weight excluding hydrogens is 368 g/mol. The van der Waals surface area contributed by atoms with Crippen LogP contribution in [0.5, 0.6) is 5.88 Å². The number of carbonyl (C=O) groups is 1. The standard InChI is InChI=1S/C19H20N6O2.C2H6/c1-3-18(26)24-10-12-6-14(24)7-17(12)27-19-16-4-5-20-25(16)11-15(22-19)13-8-21-23(2)9-13;1-2/h3-5,8-9,11-12,14,17H,1,6-7,10H2,2H3;1-2H3. The topological polar surface area (TPSA) is 77.6 Å². The van der Waals surface area contributed by atoms with E-state index in [2.05, 4.69) is 16.8 Å². The van der Waals surface area contributed by atoms with Crippen LogP contribution in [0.4, 0.5) is 0 Å². The molecule has 3 unspecified atom stereocenters. The molecule has 2 aliphatic rings. The third-order valence-corrected chi connectivity index (χ3v) is 5.55. The SMILES string of the molecule is C=CC(=O)N1CC2CC1CC2Oc1nc(-c2cnn(C)c2)cn2nccc12.CC. The van der Waals surface area contributed by atoms with E-state index in [1.54, 1.807) is 21.6 Å². The van der Waals surface area contributed by atoms with Crippen molar-refractivity contribution < 1.29 is 9.53 Å². The minimum absolute atomic E-state index is 0.0100. The van der Waals surface area contributed by atoms with E-state index >= 15 is 0 Å². The molecule has 1 aliphatic heterocycles. The van der Waals surface area contributed by atoms with Gasteiger partial charge in [0.2, 0.25) is 11.8 Å². The van der Waals surface area contributed by atoms with Gasteiger partial charge in [-0.25, -0.2) is 9.50 Å². The second-order valence-electron chi connectivity index (χ2n) is 7.23. The lowest BCUT2D eigenvalue weighted by Crippen LogP contribution is -2.42. The molecule has 0 radical (unpaired) electrons. The fourth-order valence-electron chi connectivity index (χ4n) is 4.26. The molecule has 2 fully saturated rings. The first kappa shape index (κ1) is 19.2. The Balaban J connectivity index is 0.000000994. The Bertz CT molecular complexity index is 1040. The minimum atomic E-state index is 0.0100. The van der Waals surface area contributed by atoms with Crippen LogP contribution in [-0.2, 0) is 11.8 Å². The third-order valence-electron chi connectivity index (χ3n) is 5.55. The normalized spacial score (nSPS) is 22.4. The van der Waals surface area contributed by atoms with E-state index in [4.69, 9.17) is 9.72 Å². The molecule has 8 heteroatoms. The Labute approximate surface area is 169 Å². The molecule has 5 rings (SSSR count). The molecule has 0 aromatic carbocycles. The number of rotatable bonds is 4. The van der Waals surface area contributed by atoms with Gasteiger partial charge in [-0.15, -0.1) is 0 Å². The number of piperidine rings is 1. The number of hydrogen-bond donors (Lipinski definition) is 0. The summed E-state index contributed by atoms with van der Waals surface area (Å²) in [6, 6.07) is 2.13. The predicted octanol–water partition coefficient (Wildman–Crippen LogP) is 2.71. The number of nitrogens with zero attached hydrogens (tertiary/aromatic N) is 6. The van der Waals surface area contributed by atoms with Gasteiger partial charge in [0.15, 0.2) is 0 Å². The van der Waals surface area contributed by atoms with Crippen LogP contribution in [0, 0.1) is 5.92 Å². The van der Waals surface area contributed by atoms with Gasteiger partial charge in [-0.3, -0.25) is 9.48 Å². The summed E-state index contributed by atoms with van der Waals surface area (Å²) in [6.45, 7) is 8.32. The van der Waals surface area contributed by atoms with Crippen LogP contribution in [-0.4, -0.2) is 53.9 Å². The zero-order valence-electron chi connectivity index (χ0n) is 17.0. The molecule has 29 heavy (non-hydrogen) atoms. The molecule has 152 valence electrons. The lowest BCUT2D eigenvalue weighted by molar-refractivity contribution is -0.128. The average Bonchev–Trinajstić information content (AvgIpc) is 3.52. The van der Waals surface area contributed by atoms with Gasteiger partial charge in [-0.05, 0) is 18.6 Å². The maximum Gasteiger partial charge on any atom is 0.246 e. The zero-order valence-corrected chi connectivity index (χ0v) is 17.0. The first-order valence-corrected chi connectivity index (χ1v) is 10.1. The van der Waals surface area contributed by atoms with Crippen molar-refractivity contribution in [2.24, 2.45) is 13.0 Å². The van der Waals surface area contributed by atoms with Gasteiger partial charge >= 0.3 is 0 Å². The first-order chi connectivity index (χ1) is 14.1. The summed E-state index contributed by atoms with van der Waals surface area (Å²) in [6.07, 6.45) is 10.6. The van der Waals surface area contributed by atoms with Gasteiger partial charge in [0.05, 0.1) is 24.3 Å².